The number of nitrogens with one attached hydrogen (secondary N) is 1. The number of amides is 3. The van der Waals surface area contributed by atoms with Gasteiger partial charge in [-0.2, -0.15) is 0 Å². The highest BCUT2D eigenvalue weighted by molar-refractivity contribution is 5.94. The number of allylic oxidation sites excluding steroid dienone is 1. The molecule has 2 unspecified atom stereocenters. The van der Waals surface area contributed by atoms with Gasteiger partial charge in [-0.3, -0.25) is 4.79 Å². The average molecular weight is 571 g/mol. The second-order valence-corrected chi connectivity index (χ2v) is 11.4. The molecule has 1 heterocycles. The summed E-state index contributed by atoms with van der Waals surface area (Å²) in [6, 6.07) is 5.04. The van der Waals surface area contributed by atoms with Crippen molar-refractivity contribution in [2.45, 2.75) is 143 Å². The van der Waals surface area contributed by atoms with E-state index in [1.165, 1.54) is 75.5 Å². The number of carbonyl (C=O) groups is 3. The van der Waals surface area contributed by atoms with Crippen LogP contribution < -0.4 is 5.32 Å². The van der Waals surface area contributed by atoms with E-state index in [1.807, 2.05) is 32.9 Å². The Kier molecular flexibility index (Phi) is 16.2. The summed E-state index contributed by atoms with van der Waals surface area (Å²) in [5, 5.41) is 2.82. The van der Waals surface area contributed by atoms with Gasteiger partial charge in [0.25, 0.3) is 6.47 Å². The van der Waals surface area contributed by atoms with Gasteiger partial charge in [-0.1, -0.05) is 102 Å². The summed E-state index contributed by atoms with van der Waals surface area (Å²) in [4.78, 5) is 38.5. The van der Waals surface area contributed by atoms with Gasteiger partial charge in [0, 0.05) is 12.1 Å². The van der Waals surface area contributed by atoms with Crippen LogP contribution in [0.1, 0.15) is 140 Å². The van der Waals surface area contributed by atoms with Crippen LogP contribution in [0.25, 0.3) is 0 Å². The van der Waals surface area contributed by atoms with Crippen LogP contribution in [-0.2, 0) is 20.7 Å². The van der Waals surface area contributed by atoms with E-state index in [9.17, 15) is 14.4 Å². The largest absolute Gasteiger partial charge is 0.465 e. The molecule has 0 aliphatic carbocycles. The Labute approximate surface area is 248 Å². The summed E-state index contributed by atoms with van der Waals surface area (Å²) in [6.07, 6.45) is 17.1. The number of unbranched alkanes of at least 4 members (excludes halogenated alkanes) is 12. The second-order valence-electron chi connectivity index (χ2n) is 11.4. The molecular weight excluding hydrogens is 516 g/mol. The Balaban J connectivity index is 2.08. The van der Waals surface area contributed by atoms with Crippen molar-refractivity contribution in [3.05, 3.63) is 46.2 Å². The number of carbonyl (C=O) groups excluding carboxylic acids is 3. The number of hydrogen-bond acceptors (Lipinski definition) is 5. The van der Waals surface area contributed by atoms with Crippen LogP contribution >= 0.6 is 0 Å². The fourth-order valence-corrected chi connectivity index (χ4v) is 5.87. The summed E-state index contributed by atoms with van der Waals surface area (Å²) in [5.41, 5.74) is 4.63. The van der Waals surface area contributed by atoms with Gasteiger partial charge < -0.3 is 14.8 Å². The zero-order chi connectivity index (χ0) is 30.0. The van der Waals surface area contributed by atoms with Crippen LogP contribution in [0.2, 0.25) is 0 Å². The van der Waals surface area contributed by atoms with E-state index in [0.29, 0.717) is 18.6 Å². The van der Waals surface area contributed by atoms with Crippen LogP contribution in [0.3, 0.4) is 0 Å². The van der Waals surface area contributed by atoms with E-state index in [1.54, 1.807) is 6.92 Å². The summed E-state index contributed by atoms with van der Waals surface area (Å²) in [5.74, 6) is 0. The molecule has 1 aliphatic rings. The fourth-order valence-electron chi connectivity index (χ4n) is 5.87. The van der Waals surface area contributed by atoms with Gasteiger partial charge >= 0.3 is 12.1 Å². The number of aryl methyl sites for hydroxylation is 2. The first kappa shape index (κ1) is 34.4. The maximum absolute atomic E-state index is 13.2. The van der Waals surface area contributed by atoms with Gasteiger partial charge in [0.1, 0.15) is 6.10 Å². The van der Waals surface area contributed by atoms with Crippen molar-refractivity contribution in [1.29, 1.82) is 0 Å². The van der Waals surface area contributed by atoms with Crippen LogP contribution in [-0.4, -0.2) is 36.2 Å². The second kappa shape index (κ2) is 19.3. The molecule has 0 aromatic heterocycles. The van der Waals surface area contributed by atoms with Crippen molar-refractivity contribution in [3.8, 4) is 0 Å². The normalized spacial score (nSPS) is 16.0. The fraction of sp³-hybridized carbons (Fsp3) is 0.676. The van der Waals surface area contributed by atoms with Gasteiger partial charge in [-0.15, -0.1) is 0 Å². The predicted octanol–water partition coefficient (Wildman–Crippen LogP) is 9.08. The molecule has 7 nitrogen and oxygen atoms in total. The van der Waals surface area contributed by atoms with Crippen molar-refractivity contribution in [1.82, 2.24) is 10.2 Å². The molecule has 1 aromatic rings. The smallest absolute Gasteiger partial charge is 0.418 e. The molecule has 7 heteroatoms. The minimum Gasteiger partial charge on any atom is -0.465 e. The molecule has 0 saturated heterocycles. The van der Waals surface area contributed by atoms with Crippen LogP contribution in [0, 0.1) is 6.92 Å². The highest BCUT2D eigenvalue weighted by atomic mass is 16.6. The van der Waals surface area contributed by atoms with Gasteiger partial charge in [0.2, 0.25) is 0 Å². The van der Waals surface area contributed by atoms with E-state index in [2.05, 4.69) is 18.3 Å². The molecule has 3 amide bonds. The number of nitrogens with zero attached hydrogens (tertiary/aromatic N) is 1. The maximum Gasteiger partial charge on any atom is 0.418 e. The summed E-state index contributed by atoms with van der Waals surface area (Å²) in [6.45, 7) is 10.3. The Morgan fingerprint density at radius 1 is 0.951 bits per heavy atom. The maximum atomic E-state index is 13.2. The molecule has 1 N–H and O–H groups in total. The molecule has 0 spiro atoms. The summed E-state index contributed by atoms with van der Waals surface area (Å²) >= 11 is 0. The molecule has 2 atom stereocenters. The molecule has 1 aromatic carbocycles. The van der Waals surface area contributed by atoms with E-state index >= 15 is 0 Å². The van der Waals surface area contributed by atoms with Crippen LogP contribution in [0.4, 0.5) is 9.59 Å². The van der Waals surface area contributed by atoms with E-state index in [0.717, 1.165) is 41.5 Å². The number of rotatable bonds is 20. The third-order valence-corrected chi connectivity index (χ3v) is 8.08. The molecule has 0 saturated carbocycles. The third kappa shape index (κ3) is 11.2. The lowest BCUT2D eigenvalue weighted by Crippen LogP contribution is -2.51. The predicted molar refractivity (Wildman–Crippen MR) is 165 cm³/mol. The van der Waals surface area contributed by atoms with E-state index in [-0.39, 0.29) is 6.61 Å². The number of imide groups is 1. The number of hydrogen-bond donors (Lipinski definition) is 1. The van der Waals surface area contributed by atoms with E-state index < -0.39 is 24.3 Å². The Morgan fingerprint density at radius 2 is 1.54 bits per heavy atom. The number of benzene rings is 1. The standard InChI is InChI=1S/C34H54N2O5/c1-6-8-9-10-11-12-13-14-15-16-17-18-19-22-29-23-20-21-26(3)31(29)32-30(24-27(4)41-25-37)28(5)35-33(38)36(32)34(39)40-7-2/h20-21,23,25,27,32H,6-19,22,24H2,1-5H3,(H,35,38). The zero-order valence-corrected chi connectivity index (χ0v) is 26.3. The van der Waals surface area contributed by atoms with Gasteiger partial charge in [-0.05, 0) is 62.8 Å². The lowest BCUT2D eigenvalue weighted by atomic mass is 9.84. The minimum atomic E-state index is -0.681. The minimum absolute atomic E-state index is 0.164. The SMILES string of the molecule is CCCCCCCCCCCCCCCc1cccc(C)c1C1C(CC(C)OC=O)=C(C)NC(=O)N1C(=O)OCC. The van der Waals surface area contributed by atoms with Crippen molar-refractivity contribution in [2.24, 2.45) is 0 Å². The van der Waals surface area contributed by atoms with Crippen molar-refractivity contribution in [3.63, 3.8) is 0 Å². The Hall–Kier alpha value is -2.83. The molecule has 0 radical (unpaired) electrons. The monoisotopic (exact) mass is 570 g/mol. The summed E-state index contributed by atoms with van der Waals surface area (Å²) in [7, 11) is 0. The first-order valence-corrected chi connectivity index (χ1v) is 16.0. The van der Waals surface area contributed by atoms with E-state index in [4.69, 9.17) is 9.47 Å². The number of ether oxygens (including phenoxy) is 2. The first-order chi connectivity index (χ1) is 19.8. The van der Waals surface area contributed by atoms with Gasteiger partial charge in [0.05, 0.1) is 12.6 Å². The number of urea groups is 1. The molecule has 2 rings (SSSR count). The van der Waals surface area contributed by atoms with Gasteiger partial charge in [0.15, 0.2) is 0 Å². The summed E-state index contributed by atoms with van der Waals surface area (Å²) < 4.78 is 10.5. The molecule has 230 valence electrons. The third-order valence-electron chi connectivity index (χ3n) is 8.08. The Morgan fingerprint density at radius 3 is 2.10 bits per heavy atom. The molecule has 0 bridgehead atoms. The van der Waals surface area contributed by atoms with Crippen molar-refractivity contribution < 1.29 is 23.9 Å². The van der Waals surface area contributed by atoms with Crippen molar-refractivity contribution in [2.75, 3.05) is 6.61 Å². The van der Waals surface area contributed by atoms with Crippen molar-refractivity contribution >= 4 is 18.6 Å². The highest BCUT2D eigenvalue weighted by Gasteiger charge is 2.41. The lowest BCUT2D eigenvalue weighted by molar-refractivity contribution is -0.132. The highest BCUT2D eigenvalue weighted by Crippen LogP contribution is 2.40. The topological polar surface area (TPSA) is 84.9 Å². The molecule has 0 fully saturated rings. The van der Waals surface area contributed by atoms with Crippen LogP contribution in [0.15, 0.2) is 29.5 Å². The molecule has 41 heavy (non-hydrogen) atoms. The lowest BCUT2D eigenvalue weighted by Gasteiger charge is -2.38. The van der Waals surface area contributed by atoms with Crippen LogP contribution in [0.5, 0.6) is 0 Å². The molecular formula is C34H54N2O5. The Bertz CT molecular complexity index is 989. The molecule has 1 aliphatic heterocycles. The quantitative estimate of drug-likeness (QED) is 0.125. The zero-order valence-electron chi connectivity index (χ0n) is 26.3. The average Bonchev–Trinajstić information content (AvgIpc) is 2.93. The first-order valence-electron chi connectivity index (χ1n) is 16.0. The van der Waals surface area contributed by atoms with Gasteiger partial charge in [-0.25, -0.2) is 14.5 Å².